The van der Waals surface area contributed by atoms with Crippen molar-refractivity contribution in [1.29, 1.82) is 0 Å². The second kappa shape index (κ2) is 5.80. The highest BCUT2D eigenvalue weighted by molar-refractivity contribution is 5.66. The van der Waals surface area contributed by atoms with E-state index in [9.17, 15) is 0 Å². The van der Waals surface area contributed by atoms with Crippen LogP contribution in [0.2, 0.25) is 0 Å². The minimum absolute atomic E-state index is 0.399. The van der Waals surface area contributed by atoms with Gasteiger partial charge in [-0.05, 0) is 6.92 Å². The van der Waals surface area contributed by atoms with E-state index in [1.807, 2.05) is 6.92 Å². The summed E-state index contributed by atoms with van der Waals surface area (Å²) in [6.07, 6.45) is 4.84. The minimum Gasteiger partial charge on any atom is -0.476 e. The monoisotopic (exact) mass is 249 g/mol. The Labute approximate surface area is 104 Å². The molecule has 2 heterocycles. The van der Waals surface area contributed by atoms with Gasteiger partial charge in [0.25, 0.3) is 0 Å². The Morgan fingerprint density at radius 2 is 2.33 bits per heavy atom. The van der Waals surface area contributed by atoms with Crippen LogP contribution < -0.4 is 15.8 Å². The number of anilines is 2. The lowest BCUT2D eigenvalue weighted by Crippen LogP contribution is -2.14. The molecule has 0 saturated carbocycles. The average Bonchev–Trinajstić information content (AvgIpc) is 2.87. The molecule has 0 unspecified atom stereocenters. The molecule has 3 N–H and O–H groups in total. The van der Waals surface area contributed by atoms with Gasteiger partial charge in [-0.25, -0.2) is 4.98 Å². The molecule has 0 spiro atoms. The molecule has 0 amide bonds. The molecular weight excluding hydrogens is 234 g/mol. The normalized spacial score (nSPS) is 10.3. The highest BCUT2D eigenvalue weighted by Crippen LogP contribution is 2.23. The van der Waals surface area contributed by atoms with Crippen LogP contribution in [0.1, 0.15) is 6.92 Å². The summed E-state index contributed by atoms with van der Waals surface area (Å²) in [5.41, 5.74) is 6.30. The Bertz CT molecular complexity index is 485. The van der Waals surface area contributed by atoms with Crippen LogP contribution >= 0.6 is 0 Å². The fourth-order valence-electron chi connectivity index (χ4n) is 1.41. The van der Waals surface area contributed by atoms with Crippen LogP contribution in [-0.2, 0) is 6.54 Å². The second-order valence-corrected chi connectivity index (χ2v) is 3.47. The number of ether oxygens (including phenoxy) is 1. The number of aromatic nitrogens is 5. The highest BCUT2D eigenvalue weighted by Gasteiger charge is 2.08. The van der Waals surface area contributed by atoms with Gasteiger partial charge in [-0.3, -0.25) is 4.68 Å². The van der Waals surface area contributed by atoms with Crippen LogP contribution in [0, 0.1) is 0 Å². The zero-order valence-corrected chi connectivity index (χ0v) is 10.1. The predicted molar refractivity (Wildman–Crippen MR) is 66.1 cm³/mol. The number of hydrogen-bond donors (Lipinski definition) is 2. The topological polar surface area (TPSA) is 104 Å². The molecule has 0 radical (unpaired) electrons. The van der Waals surface area contributed by atoms with E-state index in [2.05, 4.69) is 25.6 Å². The number of nitrogens with one attached hydrogen (secondary N) is 1. The van der Waals surface area contributed by atoms with Crippen molar-refractivity contribution in [1.82, 2.24) is 25.0 Å². The van der Waals surface area contributed by atoms with Gasteiger partial charge in [-0.2, -0.15) is 4.98 Å². The number of nitrogens with zero attached hydrogens (tertiary/aromatic N) is 5. The summed E-state index contributed by atoms with van der Waals surface area (Å²) < 4.78 is 7.00. The maximum absolute atomic E-state index is 5.88. The summed E-state index contributed by atoms with van der Waals surface area (Å²) in [5.74, 6) is 0.962. The van der Waals surface area contributed by atoms with Crippen molar-refractivity contribution in [3.8, 4) is 5.88 Å². The maximum Gasteiger partial charge on any atom is 0.242 e. The molecule has 2 rings (SSSR count). The van der Waals surface area contributed by atoms with E-state index in [1.54, 1.807) is 17.1 Å². The third-order valence-corrected chi connectivity index (χ3v) is 2.23. The molecule has 0 bridgehead atoms. The number of nitrogens with two attached hydrogens (primary N) is 1. The van der Waals surface area contributed by atoms with E-state index in [-0.39, 0.29) is 0 Å². The molecule has 0 fully saturated rings. The lowest BCUT2D eigenvalue weighted by Gasteiger charge is -2.10. The average molecular weight is 249 g/mol. The summed E-state index contributed by atoms with van der Waals surface area (Å²) in [5, 5.41) is 10.7. The smallest absolute Gasteiger partial charge is 0.242 e. The van der Waals surface area contributed by atoms with E-state index in [0.717, 1.165) is 0 Å². The molecule has 2 aromatic heterocycles. The molecule has 96 valence electrons. The van der Waals surface area contributed by atoms with Gasteiger partial charge in [-0.1, -0.05) is 5.21 Å². The lowest BCUT2D eigenvalue weighted by molar-refractivity contribution is 0.328. The van der Waals surface area contributed by atoms with E-state index in [1.165, 1.54) is 6.33 Å². The van der Waals surface area contributed by atoms with Gasteiger partial charge in [0.15, 0.2) is 5.82 Å². The van der Waals surface area contributed by atoms with Gasteiger partial charge in [0.05, 0.1) is 19.3 Å². The van der Waals surface area contributed by atoms with Crippen molar-refractivity contribution in [2.24, 2.45) is 0 Å². The van der Waals surface area contributed by atoms with Gasteiger partial charge in [-0.15, -0.1) is 5.10 Å². The van der Waals surface area contributed by atoms with Crippen molar-refractivity contribution in [2.45, 2.75) is 13.5 Å². The largest absolute Gasteiger partial charge is 0.476 e. The Morgan fingerprint density at radius 3 is 3.06 bits per heavy atom. The van der Waals surface area contributed by atoms with Crippen LogP contribution in [0.3, 0.4) is 0 Å². The molecule has 0 aliphatic rings. The molecule has 18 heavy (non-hydrogen) atoms. The quantitative estimate of drug-likeness (QED) is 0.751. The van der Waals surface area contributed by atoms with Crippen molar-refractivity contribution in [2.75, 3.05) is 24.2 Å². The van der Waals surface area contributed by atoms with Crippen molar-refractivity contribution in [3.63, 3.8) is 0 Å². The number of hydrogen-bond acceptors (Lipinski definition) is 7. The predicted octanol–water partition coefficient (Wildman–Crippen LogP) is 0.161. The Kier molecular flexibility index (Phi) is 3.90. The fraction of sp³-hybridized carbons (Fsp3) is 0.400. The first-order valence-corrected chi connectivity index (χ1v) is 5.62. The van der Waals surface area contributed by atoms with Crippen molar-refractivity contribution >= 4 is 11.5 Å². The van der Waals surface area contributed by atoms with Crippen molar-refractivity contribution in [3.05, 3.63) is 18.7 Å². The summed E-state index contributed by atoms with van der Waals surface area (Å²) >= 11 is 0. The minimum atomic E-state index is 0.399. The molecule has 0 saturated heterocycles. The van der Waals surface area contributed by atoms with E-state index in [0.29, 0.717) is 37.1 Å². The Hall–Kier alpha value is -2.38. The van der Waals surface area contributed by atoms with Gasteiger partial charge >= 0.3 is 0 Å². The van der Waals surface area contributed by atoms with Crippen LogP contribution in [0.15, 0.2) is 18.7 Å². The summed E-state index contributed by atoms with van der Waals surface area (Å²) in [6.45, 7) is 3.70. The molecular formula is C10H15N7O. The van der Waals surface area contributed by atoms with Crippen LogP contribution in [0.25, 0.3) is 0 Å². The maximum atomic E-state index is 5.88. The first-order valence-electron chi connectivity index (χ1n) is 5.62. The third-order valence-electron chi connectivity index (χ3n) is 2.23. The highest BCUT2D eigenvalue weighted by atomic mass is 16.5. The first-order chi connectivity index (χ1) is 8.81. The van der Waals surface area contributed by atoms with Gasteiger partial charge in [0.1, 0.15) is 12.0 Å². The molecule has 0 aliphatic heterocycles. The molecule has 2 aromatic rings. The second-order valence-electron chi connectivity index (χ2n) is 3.47. The van der Waals surface area contributed by atoms with Gasteiger partial charge in [0, 0.05) is 12.7 Å². The van der Waals surface area contributed by atoms with E-state index < -0.39 is 0 Å². The molecule has 8 heteroatoms. The summed E-state index contributed by atoms with van der Waals surface area (Å²) in [6, 6.07) is 0. The third kappa shape index (κ3) is 2.84. The molecule has 0 aliphatic carbocycles. The van der Waals surface area contributed by atoms with Crippen molar-refractivity contribution < 1.29 is 4.74 Å². The van der Waals surface area contributed by atoms with Gasteiger partial charge in [0.2, 0.25) is 5.88 Å². The SMILES string of the molecule is CCOc1ncnc(NCCn2ccnn2)c1N. The Balaban J connectivity index is 1.94. The zero-order valence-electron chi connectivity index (χ0n) is 10.1. The standard InChI is InChI=1S/C10H15N7O/c1-2-18-10-8(11)9(13-7-14-10)12-3-5-17-6-4-15-16-17/h4,6-7H,2-3,5,11H2,1H3,(H,12,13,14). The van der Waals surface area contributed by atoms with Gasteiger partial charge < -0.3 is 15.8 Å². The summed E-state index contributed by atoms with van der Waals surface area (Å²) in [4.78, 5) is 8.03. The molecule has 0 atom stereocenters. The van der Waals surface area contributed by atoms with E-state index in [4.69, 9.17) is 10.5 Å². The Morgan fingerprint density at radius 1 is 1.44 bits per heavy atom. The van der Waals surface area contributed by atoms with Crippen LogP contribution in [-0.4, -0.2) is 38.1 Å². The first kappa shape index (κ1) is 12.1. The van der Waals surface area contributed by atoms with Crippen LogP contribution in [0.4, 0.5) is 11.5 Å². The lowest BCUT2D eigenvalue weighted by atomic mass is 10.4. The molecule has 8 nitrogen and oxygen atoms in total. The summed E-state index contributed by atoms with van der Waals surface area (Å²) in [7, 11) is 0. The van der Waals surface area contributed by atoms with Crippen LogP contribution in [0.5, 0.6) is 5.88 Å². The number of rotatable bonds is 6. The molecule has 0 aromatic carbocycles. The fourth-order valence-corrected chi connectivity index (χ4v) is 1.41. The number of nitrogen functional groups attached to an aromatic ring is 1. The van der Waals surface area contributed by atoms with E-state index >= 15 is 0 Å². The zero-order chi connectivity index (χ0) is 12.8.